The summed E-state index contributed by atoms with van der Waals surface area (Å²) in [5, 5.41) is 0. The molecule has 1 aromatic carbocycles. The average molecular weight is 377 g/mol. The van der Waals surface area contributed by atoms with Crippen molar-refractivity contribution < 1.29 is 13.2 Å². The molecular weight excluding hydrogens is 348 g/mol. The first-order valence-corrected chi connectivity index (χ1v) is 10.9. The number of carbonyl (C=O) groups excluding carboxylic acids is 1. The molecule has 1 heterocycles. The molecule has 0 N–H and O–H groups in total. The van der Waals surface area contributed by atoms with E-state index in [0.717, 1.165) is 18.4 Å². The molecule has 6 heteroatoms. The number of nitrogens with zero attached hydrogens (tertiary/aromatic N) is 2. The molecule has 0 unspecified atom stereocenters. The lowest BCUT2D eigenvalue weighted by atomic mass is 10.0. The molecule has 1 saturated heterocycles. The summed E-state index contributed by atoms with van der Waals surface area (Å²) >= 11 is 0. The number of hydrogen-bond donors (Lipinski definition) is 0. The summed E-state index contributed by atoms with van der Waals surface area (Å²) in [6.45, 7) is 5.83. The normalized spacial score (nSPS) is 21.5. The van der Waals surface area contributed by atoms with Crippen molar-refractivity contribution in [2.75, 3.05) is 26.2 Å². The van der Waals surface area contributed by atoms with Gasteiger partial charge in [0.2, 0.25) is 15.9 Å². The highest BCUT2D eigenvalue weighted by Gasteiger charge is 2.30. The number of carbonyl (C=O) groups is 1. The van der Waals surface area contributed by atoms with Gasteiger partial charge in [0.15, 0.2) is 0 Å². The molecule has 0 radical (unpaired) electrons. The zero-order valence-electron chi connectivity index (χ0n) is 15.6. The fraction of sp³-hybridized carbons (Fsp3) is 0.550. The van der Waals surface area contributed by atoms with Gasteiger partial charge in [0, 0.05) is 32.6 Å². The van der Waals surface area contributed by atoms with Crippen LogP contribution >= 0.6 is 0 Å². The first-order chi connectivity index (χ1) is 12.4. The number of rotatable bonds is 5. The van der Waals surface area contributed by atoms with E-state index in [1.807, 2.05) is 12.1 Å². The van der Waals surface area contributed by atoms with Gasteiger partial charge in [-0.25, -0.2) is 8.42 Å². The van der Waals surface area contributed by atoms with Crippen molar-refractivity contribution in [1.82, 2.24) is 9.21 Å². The van der Waals surface area contributed by atoms with Crippen LogP contribution in [0.2, 0.25) is 0 Å². The Morgan fingerprint density at radius 3 is 2.31 bits per heavy atom. The Kier molecular flexibility index (Phi) is 5.82. The smallest absolute Gasteiger partial charge is 0.243 e. The van der Waals surface area contributed by atoms with Gasteiger partial charge in [0.25, 0.3) is 0 Å². The third-order valence-electron chi connectivity index (χ3n) is 5.33. The minimum Gasteiger partial charge on any atom is -0.340 e. The van der Waals surface area contributed by atoms with Crippen molar-refractivity contribution in [1.29, 1.82) is 0 Å². The van der Waals surface area contributed by atoms with Gasteiger partial charge in [0.1, 0.15) is 0 Å². The van der Waals surface area contributed by atoms with Gasteiger partial charge in [-0.3, -0.25) is 4.79 Å². The molecule has 0 aromatic heterocycles. The lowest BCUT2D eigenvalue weighted by molar-refractivity contribution is -0.133. The monoisotopic (exact) mass is 376 g/mol. The van der Waals surface area contributed by atoms with Crippen molar-refractivity contribution in [2.24, 2.45) is 5.92 Å². The highest BCUT2D eigenvalue weighted by Crippen LogP contribution is 2.23. The van der Waals surface area contributed by atoms with E-state index in [1.165, 1.54) is 4.31 Å². The van der Waals surface area contributed by atoms with Crippen LogP contribution in [0.25, 0.3) is 0 Å². The minimum atomic E-state index is -3.49. The van der Waals surface area contributed by atoms with Crippen LogP contribution in [-0.4, -0.2) is 49.7 Å². The molecule has 1 aromatic rings. The van der Waals surface area contributed by atoms with Gasteiger partial charge in [-0.15, -0.1) is 0 Å². The third-order valence-corrected chi connectivity index (χ3v) is 7.24. The number of sulfonamides is 1. The van der Waals surface area contributed by atoms with Crippen LogP contribution in [-0.2, 0) is 14.8 Å². The van der Waals surface area contributed by atoms with Crippen LogP contribution in [0.1, 0.15) is 44.6 Å². The maximum atomic E-state index is 12.8. The molecule has 26 heavy (non-hydrogen) atoms. The summed E-state index contributed by atoms with van der Waals surface area (Å²) in [5.74, 6) is 0.861. The maximum absolute atomic E-state index is 12.8. The van der Waals surface area contributed by atoms with Crippen LogP contribution in [0.4, 0.5) is 0 Å². The maximum Gasteiger partial charge on any atom is 0.243 e. The van der Waals surface area contributed by atoms with Gasteiger partial charge >= 0.3 is 0 Å². The SMILES string of the molecule is CC(C)c1ccc(S(=O)(=O)N2CCN(C(=O)C[C@H]3C=CCC3)CC2)cc1. The summed E-state index contributed by atoms with van der Waals surface area (Å²) < 4.78 is 27.2. The van der Waals surface area contributed by atoms with Gasteiger partial charge in [0.05, 0.1) is 4.90 Å². The van der Waals surface area contributed by atoms with Crippen molar-refractivity contribution in [3.63, 3.8) is 0 Å². The number of benzene rings is 1. The molecule has 0 saturated carbocycles. The van der Waals surface area contributed by atoms with Crippen LogP contribution in [0.3, 0.4) is 0 Å². The molecule has 1 atom stereocenters. The Labute approximate surface area is 156 Å². The largest absolute Gasteiger partial charge is 0.340 e. The second kappa shape index (κ2) is 7.92. The second-order valence-electron chi connectivity index (χ2n) is 7.48. The summed E-state index contributed by atoms with van der Waals surface area (Å²) in [5.41, 5.74) is 1.13. The Hall–Kier alpha value is -1.66. The van der Waals surface area contributed by atoms with E-state index in [0.29, 0.717) is 49.3 Å². The molecular formula is C20H28N2O3S. The Balaban J connectivity index is 1.59. The fourth-order valence-corrected chi connectivity index (χ4v) is 4.99. The summed E-state index contributed by atoms with van der Waals surface area (Å²) in [4.78, 5) is 14.5. The lowest BCUT2D eigenvalue weighted by Crippen LogP contribution is -2.50. The predicted octanol–water partition coefficient (Wildman–Crippen LogP) is 3.00. The number of hydrogen-bond acceptors (Lipinski definition) is 3. The average Bonchev–Trinajstić information content (AvgIpc) is 3.15. The zero-order chi connectivity index (χ0) is 18.7. The number of allylic oxidation sites excluding steroid dienone is 2. The van der Waals surface area contributed by atoms with E-state index in [-0.39, 0.29) is 5.91 Å². The molecule has 0 spiro atoms. The quantitative estimate of drug-likeness (QED) is 0.742. The lowest BCUT2D eigenvalue weighted by Gasteiger charge is -2.34. The van der Waals surface area contributed by atoms with Crippen LogP contribution < -0.4 is 0 Å². The molecule has 1 aliphatic carbocycles. The highest BCUT2D eigenvalue weighted by atomic mass is 32.2. The van der Waals surface area contributed by atoms with Gasteiger partial charge in [-0.1, -0.05) is 38.1 Å². The van der Waals surface area contributed by atoms with Crippen molar-refractivity contribution in [2.45, 2.75) is 43.9 Å². The molecule has 1 amide bonds. The molecule has 1 fully saturated rings. The summed E-state index contributed by atoms with van der Waals surface area (Å²) in [6, 6.07) is 7.14. The zero-order valence-corrected chi connectivity index (χ0v) is 16.4. The van der Waals surface area contributed by atoms with Crippen LogP contribution in [0, 0.1) is 5.92 Å². The van der Waals surface area contributed by atoms with E-state index in [4.69, 9.17) is 0 Å². The van der Waals surface area contributed by atoms with Crippen molar-refractivity contribution >= 4 is 15.9 Å². The van der Waals surface area contributed by atoms with Gasteiger partial charge in [-0.2, -0.15) is 4.31 Å². The molecule has 0 bridgehead atoms. The van der Waals surface area contributed by atoms with E-state index >= 15 is 0 Å². The summed E-state index contributed by atoms with van der Waals surface area (Å²) in [6.07, 6.45) is 6.90. The first kappa shape index (κ1) is 19.1. The Morgan fingerprint density at radius 1 is 1.12 bits per heavy atom. The Morgan fingerprint density at radius 2 is 1.77 bits per heavy atom. The van der Waals surface area contributed by atoms with Crippen molar-refractivity contribution in [3.05, 3.63) is 42.0 Å². The predicted molar refractivity (Wildman–Crippen MR) is 102 cm³/mol. The molecule has 142 valence electrons. The molecule has 3 rings (SSSR count). The third kappa shape index (κ3) is 4.18. The van der Waals surface area contributed by atoms with Gasteiger partial charge in [-0.05, 0) is 42.4 Å². The Bertz CT molecular complexity index is 761. The second-order valence-corrected chi connectivity index (χ2v) is 9.42. The van der Waals surface area contributed by atoms with Crippen LogP contribution in [0.5, 0.6) is 0 Å². The summed E-state index contributed by atoms with van der Waals surface area (Å²) in [7, 11) is -3.49. The minimum absolute atomic E-state index is 0.139. The topological polar surface area (TPSA) is 57.7 Å². The van der Waals surface area contributed by atoms with E-state index < -0.39 is 10.0 Å². The standard InChI is InChI=1S/C20H28N2O3S/c1-16(2)18-7-9-19(10-8-18)26(24,25)22-13-11-21(12-14-22)20(23)15-17-5-3-4-6-17/h3,5,7-10,16-17H,4,6,11-15H2,1-2H3/t17-/m0/s1. The van der Waals surface area contributed by atoms with E-state index in [2.05, 4.69) is 26.0 Å². The van der Waals surface area contributed by atoms with E-state index in [1.54, 1.807) is 17.0 Å². The molecule has 5 nitrogen and oxygen atoms in total. The number of piperazine rings is 1. The highest BCUT2D eigenvalue weighted by molar-refractivity contribution is 7.89. The van der Waals surface area contributed by atoms with Crippen molar-refractivity contribution in [3.8, 4) is 0 Å². The van der Waals surface area contributed by atoms with Gasteiger partial charge < -0.3 is 4.90 Å². The fourth-order valence-electron chi connectivity index (χ4n) is 3.57. The molecule has 1 aliphatic heterocycles. The molecule has 2 aliphatic rings. The van der Waals surface area contributed by atoms with Crippen LogP contribution in [0.15, 0.2) is 41.3 Å². The number of amides is 1. The van der Waals surface area contributed by atoms with E-state index in [9.17, 15) is 13.2 Å². The first-order valence-electron chi connectivity index (χ1n) is 9.42.